The number of nitrogens with zero attached hydrogens (tertiary/aromatic N) is 3. The summed E-state index contributed by atoms with van der Waals surface area (Å²) in [5.74, 6) is 0.769. The Morgan fingerprint density at radius 2 is 1.65 bits per heavy atom. The highest BCUT2D eigenvalue weighted by molar-refractivity contribution is 7.08. The normalized spacial score (nSPS) is 15.8. The van der Waals surface area contributed by atoms with Gasteiger partial charge in [0.15, 0.2) is 0 Å². The zero-order chi connectivity index (χ0) is 17.3. The minimum atomic E-state index is 0.0591. The maximum absolute atomic E-state index is 4.38. The van der Waals surface area contributed by atoms with Crippen LogP contribution in [0.5, 0.6) is 0 Å². The first-order chi connectivity index (χ1) is 12.9. The van der Waals surface area contributed by atoms with Crippen LogP contribution in [0.25, 0.3) is 16.8 Å². The average molecular weight is 356 g/mol. The quantitative estimate of drug-likeness (QED) is 0.558. The number of fused-ring (bicyclic) bond motifs is 1. The number of benzene rings is 2. The van der Waals surface area contributed by atoms with Gasteiger partial charge < -0.3 is 5.32 Å². The lowest BCUT2D eigenvalue weighted by atomic mass is 10.0. The van der Waals surface area contributed by atoms with E-state index < -0.39 is 0 Å². The van der Waals surface area contributed by atoms with Crippen LogP contribution in [-0.2, 0) is 0 Å². The van der Waals surface area contributed by atoms with Gasteiger partial charge in [-0.25, -0.2) is 4.68 Å². The summed E-state index contributed by atoms with van der Waals surface area (Å²) < 4.78 is 1.92. The minimum absolute atomic E-state index is 0.0591. The fourth-order valence-electron chi connectivity index (χ4n) is 3.26. The van der Waals surface area contributed by atoms with Crippen molar-refractivity contribution in [2.24, 2.45) is 0 Å². The summed E-state index contributed by atoms with van der Waals surface area (Å²) in [6.45, 7) is 0. The highest BCUT2D eigenvalue weighted by Gasteiger charge is 2.23. The van der Waals surface area contributed by atoms with Gasteiger partial charge in [-0.05, 0) is 45.2 Å². The van der Waals surface area contributed by atoms with Crippen LogP contribution < -0.4 is 5.32 Å². The molecule has 0 bridgehead atoms. The summed E-state index contributed by atoms with van der Waals surface area (Å²) in [6, 6.07) is 21.2. The molecule has 2 aromatic heterocycles. The summed E-state index contributed by atoms with van der Waals surface area (Å²) in [6.07, 6.45) is 3.80. The molecule has 5 heteroatoms. The molecule has 3 heterocycles. The van der Waals surface area contributed by atoms with Crippen LogP contribution in [0.1, 0.15) is 17.2 Å². The number of hydrogen-bond donors (Lipinski definition) is 1. The molecule has 1 atom stereocenters. The summed E-state index contributed by atoms with van der Waals surface area (Å²) in [7, 11) is 0. The Morgan fingerprint density at radius 3 is 2.42 bits per heavy atom. The summed E-state index contributed by atoms with van der Waals surface area (Å²) in [5, 5.41) is 12.0. The lowest BCUT2D eigenvalue weighted by Crippen LogP contribution is -2.19. The number of thiophene rings is 1. The molecule has 0 amide bonds. The van der Waals surface area contributed by atoms with Crippen molar-refractivity contribution in [3.63, 3.8) is 0 Å². The third-order valence-electron chi connectivity index (χ3n) is 4.60. The molecular weight excluding hydrogens is 340 g/mol. The van der Waals surface area contributed by atoms with Crippen LogP contribution in [0.2, 0.25) is 0 Å². The Kier molecular flexibility index (Phi) is 3.65. The molecule has 0 saturated heterocycles. The van der Waals surface area contributed by atoms with Gasteiger partial charge in [-0.2, -0.15) is 21.4 Å². The molecule has 1 unspecified atom stereocenters. The van der Waals surface area contributed by atoms with Crippen molar-refractivity contribution in [3.8, 4) is 11.1 Å². The van der Waals surface area contributed by atoms with E-state index in [1.807, 2.05) is 10.7 Å². The van der Waals surface area contributed by atoms with Crippen LogP contribution in [0, 0.1) is 0 Å². The number of anilines is 1. The van der Waals surface area contributed by atoms with Crippen LogP contribution in [0.3, 0.4) is 0 Å². The summed E-state index contributed by atoms with van der Waals surface area (Å²) >= 11 is 1.70. The molecule has 126 valence electrons. The lowest BCUT2D eigenvalue weighted by Gasteiger charge is -2.23. The average Bonchev–Trinajstić information content (AvgIpc) is 3.40. The molecule has 2 aromatic carbocycles. The number of nitrogens with one attached hydrogen (secondary N) is 1. The van der Waals surface area contributed by atoms with E-state index >= 15 is 0 Å². The van der Waals surface area contributed by atoms with Gasteiger partial charge in [0, 0.05) is 5.70 Å². The van der Waals surface area contributed by atoms with Crippen molar-refractivity contribution >= 4 is 23.0 Å². The summed E-state index contributed by atoms with van der Waals surface area (Å²) in [4.78, 5) is 4.36. The van der Waals surface area contributed by atoms with Crippen LogP contribution >= 0.6 is 11.3 Å². The predicted octanol–water partition coefficient (Wildman–Crippen LogP) is 5.06. The van der Waals surface area contributed by atoms with Gasteiger partial charge in [0.05, 0.1) is 0 Å². The van der Waals surface area contributed by atoms with Crippen molar-refractivity contribution in [2.75, 3.05) is 5.32 Å². The van der Waals surface area contributed by atoms with Crippen molar-refractivity contribution in [1.82, 2.24) is 14.8 Å². The van der Waals surface area contributed by atoms with E-state index in [0.29, 0.717) is 0 Å². The highest BCUT2D eigenvalue weighted by atomic mass is 32.1. The SMILES string of the molecule is C1=C(c2ccc(-c3ccccc3)cc2)Nc2ncnn2C1c1ccsc1. The number of allylic oxidation sites excluding steroid dienone is 1. The van der Waals surface area contributed by atoms with E-state index in [1.54, 1.807) is 17.7 Å². The number of aromatic nitrogens is 3. The van der Waals surface area contributed by atoms with Gasteiger partial charge in [0.1, 0.15) is 12.4 Å². The Hall–Kier alpha value is -3.18. The molecule has 0 saturated carbocycles. The molecule has 4 nitrogen and oxygen atoms in total. The fraction of sp³-hybridized carbons (Fsp3) is 0.0476. The van der Waals surface area contributed by atoms with Crippen molar-refractivity contribution in [3.05, 3.63) is 95.0 Å². The lowest BCUT2D eigenvalue weighted by molar-refractivity contribution is 0.613. The van der Waals surface area contributed by atoms with E-state index in [-0.39, 0.29) is 6.04 Å². The topological polar surface area (TPSA) is 42.7 Å². The van der Waals surface area contributed by atoms with Gasteiger partial charge in [-0.1, -0.05) is 54.6 Å². The first-order valence-corrected chi connectivity index (χ1v) is 9.39. The zero-order valence-electron chi connectivity index (χ0n) is 13.9. The van der Waals surface area contributed by atoms with E-state index in [1.165, 1.54) is 16.7 Å². The molecule has 1 aliphatic rings. The third-order valence-corrected chi connectivity index (χ3v) is 5.30. The molecule has 0 aliphatic carbocycles. The van der Waals surface area contributed by atoms with E-state index in [4.69, 9.17) is 0 Å². The monoisotopic (exact) mass is 356 g/mol. The van der Waals surface area contributed by atoms with E-state index in [0.717, 1.165) is 17.2 Å². The number of hydrogen-bond acceptors (Lipinski definition) is 4. The molecule has 0 spiro atoms. The second-order valence-corrected chi connectivity index (χ2v) is 6.96. The molecule has 5 rings (SSSR count). The maximum atomic E-state index is 4.38. The first-order valence-electron chi connectivity index (χ1n) is 8.45. The van der Waals surface area contributed by atoms with Crippen molar-refractivity contribution in [1.29, 1.82) is 0 Å². The van der Waals surface area contributed by atoms with Crippen LogP contribution in [0.4, 0.5) is 5.95 Å². The highest BCUT2D eigenvalue weighted by Crippen LogP contribution is 2.33. The molecule has 4 aromatic rings. The smallest absolute Gasteiger partial charge is 0.226 e. The van der Waals surface area contributed by atoms with Gasteiger partial charge in [0.25, 0.3) is 0 Å². The van der Waals surface area contributed by atoms with E-state index in [2.05, 4.69) is 86.8 Å². The Morgan fingerprint density at radius 1 is 0.885 bits per heavy atom. The van der Waals surface area contributed by atoms with Crippen LogP contribution in [0.15, 0.2) is 83.8 Å². The van der Waals surface area contributed by atoms with Gasteiger partial charge >= 0.3 is 0 Å². The zero-order valence-corrected chi connectivity index (χ0v) is 14.7. The fourth-order valence-corrected chi connectivity index (χ4v) is 3.95. The minimum Gasteiger partial charge on any atom is -0.324 e. The molecular formula is C21H16N4S. The number of rotatable bonds is 3. The van der Waals surface area contributed by atoms with Crippen molar-refractivity contribution in [2.45, 2.75) is 6.04 Å². The Labute approximate surface area is 155 Å². The second kappa shape index (κ2) is 6.28. The Balaban J connectivity index is 1.52. The standard InChI is InChI=1S/C21H16N4S/c1-2-4-15(5-3-1)16-6-8-17(9-7-16)19-12-20(18-10-11-26-13-18)25-21(24-19)22-14-23-25/h1-14,20H,(H,22,23,24). The largest absolute Gasteiger partial charge is 0.324 e. The third kappa shape index (κ3) is 2.62. The van der Waals surface area contributed by atoms with Gasteiger partial charge in [-0.15, -0.1) is 0 Å². The molecule has 1 N–H and O–H groups in total. The molecule has 0 radical (unpaired) electrons. The first kappa shape index (κ1) is 15.1. The van der Waals surface area contributed by atoms with Crippen molar-refractivity contribution < 1.29 is 0 Å². The molecule has 0 fully saturated rings. The van der Waals surface area contributed by atoms with Gasteiger partial charge in [0.2, 0.25) is 5.95 Å². The van der Waals surface area contributed by atoms with Gasteiger partial charge in [-0.3, -0.25) is 0 Å². The van der Waals surface area contributed by atoms with Crippen LogP contribution in [-0.4, -0.2) is 14.8 Å². The second-order valence-electron chi connectivity index (χ2n) is 6.18. The summed E-state index contributed by atoms with van der Waals surface area (Å²) in [5.41, 5.74) is 5.85. The maximum Gasteiger partial charge on any atom is 0.226 e. The molecule has 1 aliphatic heterocycles. The molecule has 26 heavy (non-hydrogen) atoms. The Bertz CT molecular complexity index is 1050. The van der Waals surface area contributed by atoms with E-state index in [9.17, 15) is 0 Å². The predicted molar refractivity (Wildman–Crippen MR) is 106 cm³/mol.